The first kappa shape index (κ1) is 15.2. The molecule has 1 aliphatic rings. The van der Waals surface area contributed by atoms with Crippen LogP contribution in [0.1, 0.15) is 40.0 Å². The van der Waals surface area contributed by atoms with Gasteiger partial charge in [-0.15, -0.1) is 0 Å². The van der Waals surface area contributed by atoms with Crippen LogP contribution in [-0.4, -0.2) is 43.0 Å². The molecule has 1 heterocycles. The molecule has 0 aliphatic carbocycles. The molecule has 0 aromatic carbocycles. The molecule has 0 saturated carbocycles. The quantitative estimate of drug-likeness (QED) is 0.711. The summed E-state index contributed by atoms with van der Waals surface area (Å²) in [6, 6.07) is 0.0642. The van der Waals surface area contributed by atoms with Crippen LogP contribution in [0.2, 0.25) is 0 Å². The summed E-state index contributed by atoms with van der Waals surface area (Å²) in [5.74, 6) is 0. The van der Waals surface area contributed by atoms with Gasteiger partial charge in [-0.25, -0.2) is 4.79 Å². The highest BCUT2D eigenvalue weighted by Gasteiger charge is 2.22. The summed E-state index contributed by atoms with van der Waals surface area (Å²) in [7, 11) is 0. The average molecular weight is 258 g/mol. The molecule has 3 N–H and O–H groups in total. The van der Waals surface area contributed by atoms with Crippen molar-refractivity contribution in [1.82, 2.24) is 10.6 Å². The fraction of sp³-hybridized carbons (Fsp3) is 0.923. The standard InChI is InChI=1S/C13H26N2O3/c1-13(2,3)11(16)4-7-14-12(17)15-10-5-8-18-9-6-10/h10-11,16H,4-9H2,1-3H3,(H2,14,15,17)/t11-/m1/s1. The third-order valence-electron chi connectivity index (χ3n) is 3.26. The van der Waals surface area contributed by atoms with Crippen LogP contribution < -0.4 is 10.6 Å². The van der Waals surface area contributed by atoms with Gasteiger partial charge in [0.05, 0.1) is 6.10 Å². The first-order chi connectivity index (χ1) is 8.39. The predicted molar refractivity (Wildman–Crippen MR) is 70.5 cm³/mol. The SMILES string of the molecule is CC(C)(C)[C@H](O)CCNC(=O)NC1CCOCC1. The number of ether oxygens (including phenoxy) is 1. The number of amides is 2. The number of hydrogen-bond acceptors (Lipinski definition) is 3. The van der Waals surface area contributed by atoms with Crippen molar-refractivity contribution in [3.63, 3.8) is 0 Å². The Morgan fingerprint density at radius 3 is 2.56 bits per heavy atom. The van der Waals surface area contributed by atoms with Crippen molar-refractivity contribution in [2.45, 2.75) is 52.2 Å². The molecule has 0 unspecified atom stereocenters. The van der Waals surface area contributed by atoms with E-state index in [1.54, 1.807) is 0 Å². The van der Waals surface area contributed by atoms with Crippen LogP contribution in [0.3, 0.4) is 0 Å². The summed E-state index contributed by atoms with van der Waals surface area (Å²) >= 11 is 0. The summed E-state index contributed by atoms with van der Waals surface area (Å²) in [5, 5.41) is 15.5. The number of rotatable bonds is 4. The Hall–Kier alpha value is -0.810. The molecule has 0 spiro atoms. The number of nitrogens with one attached hydrogen (secondary N) is 2. The minimum atomic E-state index is -0.402. The van der Waals surface area contributed by atoms with E-state index < -0.39 is 6.10 Å². The highest BCUT2D eigenvalue weighted by Crippen LogP contribution is 2.20. The summed E-state index contributed by atoms with van der Waals surface area (Å²) in [5.41, 5.74) is -0.140. The molecule has 1 aliphatic heterocycles. The fourth-order valence-corrected chi connectivity index (χ4v) is 1.83. The Kier molecular flexibility index (Phi) is 5.88. The van der Waals surface area contributed by atoms with E-state index in [-0.39, 0.29) is 17.5 Å². The van der Waals surface area contributed by atoms with Crippen LogP contribution in [0.5, 0.6) is 0 Å². The molecule has 5 heteroatoms. The maximum absolute atomic E-state index is 11.6. The maximum Gasteiger partial charge on any atom is 0.315 e. The molecular formula is C13H26N2O3. The Labute approximate surface area is 109 Å². The van der Waals surface area contributed by atoms with Crippen LogP contribution >= 0.6 is 0 Å². The molecule has 2 amide bonds. The van der Waals surface area contributed by atoms with E-state index in [1.165, 1.54) is 0 Å². The van der Waals surface area contributed by atoms with Crippen molar-refractivity contribution < 1.29 is 14.6 Å². The number of aliphatic hydroxyl groups excluding tert-OH is 1. The van der Waals surface area contributed by atoms with E-state index in [0.29, 0.717) is 26.2 Å². The van der Waals surface area contributed by atoms with Gasteiger partial charge in [0.2, 0.25) is 0 Å². The van der Waals surface area contributed by atoms with Crippen LogP contribution in [0.25, 0.3) is 0 Å². The Morgan fingerprint density at radius 2 is 2.00 bits per heavy atom. The third kappa shape index (κ3) is 5.69. The average Bonchev–Trinajstić information content (AvgIpc) is 2.28. The normalized spacial score (nSPS) is 19.3. The molecule has 0 aromatic heterocycles. The second-order valence-corrected chi connectivity index (χ2v) is 5.96. The lowest BCUT2D eigenvalue weighted by atomic mass is 9.87. The zero-order chi connectivity index (χ0) is 13.6. The molecule has 1 fully saturated rings. The Morgan fingerprint density at radius 1 is 1.39 bits per heavy atom. The van der Waals surface area contributed by atoms with Gasteiger partial charge in [0.15, 0.2) is 0 Å². The summed E-state index contributed by atoms with van der Waals surface area (Å²) < 4.78 is 5.23. The number of carbonyl (C=O) groups excluding carboxylic acids is 1. The first-order valence-electron chi connectivity index (χ1n) is 6.70. The van der Waals surface area contributed by atoms with Gasteiger partial charge in [-0.3, -0.25) is 0 Å². The molecular weight excluding hydrogens is 232 g/mol. The molecule has 1 atom stereocenters. The largest absolute Gasteiger partial charge is 0.393 e. The highest BCUT2D eigenvalue weighted by molar-refractivity contribution is 5.74. The van der Waals surface area contributed by atoms with Gasteiger partial charge in [-0.05, 0) is 24.7 Å². The Bertz CT molecular complexity index is 257. The van der Waals surface area contributed by atoms with Gasteiger partial charge in [0.1, 0.15) is 0 Å². The summed E-state index contributed by atoms with van der Waals surface area (Å²) in [6.45, 7) is 7.88. The smallest absolute Gasteiger partial charge is 0.315 e. The minimum absolute atomic E-state index is 0.140. The molecule has 1 saturated heterocycles. The van der Waals surface area contributed by atoms with Crippen molar-refractivity contribution in [3.8, 4) is 0 Å². The van der Waals surface area contributed by atoms with Crippen LogP contribution in [0.15, 0.2) is 0 Å². The fourth-order valence-electron chi connectivity index (χ4n) is 1.83. The van der Waals surface area contributed by atoms with Crippen LogP contribution in [-0.2, 0) is 4.74 Å². The van der Waals surface area contributed by atoms with Gasteiger partial charge < -0.3 is 20.5 Å². The van der Waals surface area contributed by atoms with Gasteiger partial charge in [-0.1, -0.05) is 20.8 Å². The monoisotopic (exact) mass is 258 g/mol. The predicted octanol–water partition coefficient (Wildman–Crippen LogP) is 1.26. The van der Waals surface area contributed by atoms with Crippen molar-refractivity contribution in [3.05, 3.63) is 0 Å². The van der Waals surface area contributed by atoms with E-state index in [2.05, 4.69) is 10.6 Å². The second kappa shape index (κ2) is 6.95. The van der Waals surface area contributed by atoms with Crippen molar-refractivity contribution >= 4 is 6.03 Å². The van der Waals surface area contributed by atoms with E-state index in [1.807, 2.05) is 20.8 Å². The third-order valence-corrected chi connectivity index (χ3v) is 3.26. The zero-order valence-corrected chi connectivity index (χ0v) is 11.7. The first-order valence-corrected chi connectivity index (χ1v) is 6.70. The maximum atomic E-state index is 11.6. The lowest BCUT2D eigenvalue weighted by Gasteiger charge is -2.26. The topological polar surface area (TPSA) is 70.6 Å². The van der Waals surface area contributed by atoms with Gasteiger partial charge in [0.25, 0.3) is 0 Å². The van der Waals surface area contributed by atoms with E-state index in [0.717, 1.165) is 12.8 Å². The number of urea groups is 1. The van der Waals surface area contributed by atoms with Crippen LogP contribution in [0.4, 0.5) is 4.79 Å². The molecule has 1 rings (SSSR count). The molecule has 5 nitrogen and oxygen atoms in total. The van der Waals surface area contributed by atoms with E-state index in [9.17, 15) is 9.90 Å². The molecule has 0 bridgehead atoms. The van der Waals surface area contributed by atoms with Crippen molar-refractivity contribution in [1.29, 1.82) is 0 Å². The lowest BCUT2D eigenvalue weighted by Crippen LogP contribution is -2.45. The zero-order valence-electron chi connectivity index (χ0n) is 11.7. The van der Waals surface area contributed by atoms with Gasteiger partial charge in [0, 0.05) is 25.8 Å². The van der Waals surface area contributed by atoms with Gasteiger partial charge in [-0.2, -0.15) is 0 Å². The second-order valence-electron chi connectivity index (χ2n) is 5.96. The molecule has 18 heavy (non-hydrogen) atoms. The van der Waals surface area contributed by atoms with E-state index >= 15 is 0 Å². The van der Waals surface area contributed by atoms with Gasteiger partial charge >= 0.3 is 6.03 Å². The number of hydrogen-bond donors (Lipinski definition) is 3. The summed E-state index contributed by atoms with van der Waals surface area (Å²) in [4.78, 5) is 11.6. The van der Waals surface area contributed by atoms with Crippen molar-refractivity contribution in [2.24, 2.45) is 5.41 Å². The molecule has 0 radical (unpaired) electrons. The molecule has 106 valence electrons. The van der Waals surface area contributed by atoms with E-state index in [4.69, 9.17) is 4.74 Å². The molecule has 0 aromatic rings. The number of aliphatic hydroxyl groups is 1. The lowest BCUT2D eigenvalue weighted by molar-refractivity contribution is 0.0562. The Balaban J connectivity index is 2.13. The van der Waals surface area contributed by atoms with Crippen LogP contribution in [0, 0.1) is 5.41 Å². The highest BCUT2D eigenvalue weighted by atomic mass is 16.5. The summed E-state index contributed by atoms with van der Waals surface area (Å²) in [6.07, 6.45) is 1.92. The minimum Gasteiger partial charge on any atom is -0.393 e. The van der Waals surface area contributed by atoms with Crippen molar-refractivity contribution in [2.75, 3.05) is 19.8 Å². The number of carbonyl (C=O) groups is 1.